The molecule has 0 bridgehead atoms. The van der Waals surface area contributed by atoms with Gasteiger partial charge in [-0.25, -0.2) is 8.42 Å². The summed E-state index contributed by atoms with van der Waals surface area (Å²) in [7, 11) is -2.54. The number of ether oxygens (including phenoxy) is 2. The topological polar surface area (TPSA) is 137 Å². The molecule has 1 heterocycles. The van der Waals surface area contributed by atoms with E-state index in [-0.39, 0.29) is 42.4 Å². The van der Waals surface area contributed by atoms with Crippen LogP contribution >= 0.6 is 11.6 Å². The maximum Gasteiger partial charge on any atom is 0.422 e. The van der Waals surface area contributed by atoms with Crippen LogP contribution in [0.15, 0.2) is 48.5 Å². The van der Waals surface area contributed by atoms with Crippen LogP contribution < -0.4 is 10.1 Å². The molecule has 1 N–H and O–H groups in total. The second-order valence-corrected chi connectivity index (χ2v) is 12.7. The van der Waals surface area contributed by atoms with Crippen molar-refractivity contribution < 1.29 is 40.7 Å². The standard InChI is InChI=1S/C28H28ClF3N4O6S/c1-41-24(38)3-2-14-43(39,40)16-22(37)19-6-4-18(5-7-19)15-23-33-25(35-26(34-23)42-17-28(30,31)32)36-27(12-13-27)20-8-10-21(29)11-9-20/h4-11H,2-3,12-17H2,1H3,(H,33,34,35,36). The third kappa shape index (κ3) is 9.61. The highest BCUT2D eigenvalue weighted by molar-refractivity contribution is 7.92. The van der Waals surface area contributed by atoms with Gasteiger partial charge in [0.15, 0.2) is 22.2 Å². The molecule has 3 aromatic rings. The molecular weight excluding hydrogens is 613 g/mol. The molecule has 1 saturated carbocycles. The van der Waals surface area contributed by atoms with E-state index in [4.69, 9.17) is 16.3 Å². The minimum Gasteiger partial charge on any atom is -0.469 e. The Morgan fingerprint density at radius 2 is 1.70 bits per heavy atom. The normalized spacial score (nSPS) is 14.2. The molecule has 0 aliphatic heterocycles. The summed E-state index contributed by atoms with van der Waals surface area (Å²) in [6.45, 7) is -1.58. The van der Waals surface area contributed by atoms with Crippen molar-refractivity contribution in [2.45, 2.75) is 43.8 Å². The summed E-state index contributed by atoms with van der Waals surface area (Å²) in [5.41, 5.74) is 1.18. The third-order valence-electron chi connectivity index (χ3n) is 6.58. The number of methoxy groups -OCH3 is 1. The zero-order chi connectivity index (χ0) is 31.3. The number of hydrogen-bond acceptors (Lipinski definition) is 10. The monoisotopic (exact) mass is 640 g/mol. The number of rotatable bonds is 14. The Kier molecular flexibility index (Phi) is 9.90. The Morgan fingerprint density at radius 3 is 2.30 bits per heavy atom. The number of hydrogen-bond donors (Lipinski definition) is 1. The van der Waals surface area contributed by atoms with Crippen LogP contribution in [0.1, 0.15) is 53.0 Å². The van der Waals surface area contributed by atoms with Gasteiger partial charge in [-0.1, -0.05) is 48.0 Å². The smallest absolute Gasteiger partial charge is 0.422 e. The van der Waals surface area contributed by atoms with Gasteiger partial charge in [0.2, 0.25) is 5.95 Å². The molecule has 230 valence electrons. The molecule has 15 heteroatoms. The summed E-state index contributed by atoms with van der Waals surface area (Å²) in [6, 6.07) is 12.7. The van der Waals surface area contributed by atoms with Crippen molar-refractivity contribution in [3.8, 4) is 6.01 Å². The number of aromatic nitrogens is 3. The van der Waals surface area contributed by atoms with Crippen molar-refractivity contribution in [1.82, 2.24) is 15.0 Å². The molecule has 43 heavy (non-hydrogen) atoms. The first-order valence-corrected chi connectivity index (χ1v) is 15.3. The molecule has 0 spiro atoms. The molecule has 1 aromatic heterocycles. The number of halogens is 4. The molecule has 1 aliphatic carbocycles. The summed E-state index contributed by atoms with van der Waals surface area (Å²) < 4.78 is 72.4. The molecular formula is C28H28ClF3N4O6S. The van der Waals surface area contributed by atoms with Gasteiger partial charge in [-0.3, -0.25) is 9.59 Å². The van der Waals surface area contributed by atoms with Crippen LogP contribution in [0.3, 0.4) is 0 Å². The van der Waals surface area contributed by atoms with Gasteiger partial charge < -0.3 is 14.8 Å². The molecule has 2 aromatic carbocycles. The van der Waals surface area contributed by atoms with Gasteiger partial charge in [-0.2, -0.15) is 28.1 Å². The molecule has 0 amide bonds. The van der Waals surface area contributed by atoms with E-state index < -0.39 is 51.7 Å². The van der Waals surface area contributed by atoms with E-state index in [1.807, 2.05) is 12.1 Å². The van der Waals surface area contributed by atoms with E-state index >= 15 is 0 Å². The van der Waals surface area contributed by atoms with Crippen molar-refractivity contribution in [2.24, 2.45) is 0 Å². The minimum atomic E-state index is -4.60. The number of Topliss-reactive ketones (excluding diaryl/α,β-unsaturated/α-hetero) is 1. The fourth-order valence-electron chi connectivity index (χ4n) is 4.22. The summed E-state index contributed by atoms with van der Waals surface area (Å²) in [6.07, 6.45) is -3.08. The lowest BCUT2D eigenvalue weighted by atomic mass is 10.1. The molecule has 1 fully saturated rings. The fourth-order valence-corrected chi connectivity index (χ4v) is 5.64. The molecule has 0 saturated heterocycles. The first-order valence-electron chi connectivity index (χ1n) is 13.1. The van der Waals surface area contributed by atoms with E-state index in [1.165, 1.54) is 19.2 Å². The Balaban J connectivity index is 1.47. The SMILES string of the molecule is COC(=O)CCCS(=O)(=O)CC(=O)c1ccc(Cc2nc(NC3(c4ccc(Cl)cc4)CC3)nc(OCC(F)(F)F)n2)cc1. The number of benzene rings is 2. The van der Waals surface area contributed by atoms with Crippen LogP contribution in [0.25, 0.3) is 0 Å². The van der Waals surface area contributed by atoms with Crippen LogP contribution in [0.2, 0.25) is 5.02 Å². The van der Waals surface area contributed by atoms with Crippen LogP contribution in [0.5, 0.6) is 6.01 Å². The number of ketones is 1. The molecule has 0 atom stereocenters. The lowest BCUT2D eigenvalue weighted by Gasteiger charge is -2.19. The summed E-state index contributed by atoms with van der Waals surface area (Å²) in [5.74, 6) is -2.04. The van der Waals surface area contributed by atoms with Gasteiger partial charge >= 0.3 is 18.2 Å². The fraction of sp³-hybridized carbons (Fsp3) is 0.393. The Hall–Kier alpha value is -3.78. The quantitative estimate of drug-likeness (QED) is 0.195. The number of esters is 1. The van der Waals surface area contributed by atoms with Crippen LogP contribution in [-0.2, 0) is 31.3 Å². The zero-order valence-corrected chi connectivity index (χ0v) is 24.6. The van der Waals surface area contributed by atoms with Crippen LogP contribution in [0, 0.1) is 0 Å². The van der Waals surface area contributed by atoms with E-state index in [2.05, 4.69) is 25.0 Å². The number of nitrogens with zero attached hydrogens (tertiary/aromatic N) is 3. The first-order chi connectivity index (χ1) is 20.3. The van der Waals surface area contributed by atoms with Gasteiger partial charge in [-0.05, 0) is 42.5 Å². The lowest BCUT2D eigenvalue weighted by molar-refractivity contribution is -0.154. The first kappa shape index (κ1) is 32.1. The predicted molar refractivity (Wildman–Crippen MR) is 151 cm³/mol. The lowest BCUT2D eigenvalue weighted by Crippen LogP contribution is -2.23. The molecule has 1 aliphatic rings. The third-order valence-corrected chi connectivity index (χ3v) is 8.44. The average Bonchev–Trinajstić information content (AvgIpc) is 3.72. The van der Waals surface area contributed by atoms with Crippen LogP contribution in [0.4, 0.5) is 19.1 Å². The second kappa shape index (κ2) is 13.2. The molecule has 0 radical (unpaired) electrons. The van der Waals surface area contributed by atoms with E-state index in [0.717, 1.165) is 18.4 Å². The van der Waals surface area contributed by atoms with Gasteiger partial charge in [0, 0.05) is 23.4 Å². The summed E-state index contributed by atoms with van der Waals surface area (Å²) in [5, 5.41) is 3.77. The van der Waals surface area contributed by atoms with Gasteiger partial charge in [0.1, 0.15) is 11.6 Å². The molecule has 10 nitrogen and oxygen atoms in total. The van der Waals surface area contributed by atoms with Crippen molar-refractivity contribution >= 4 is 39.1 Å². The largest absolute Gasteiger partial charge is 0.469 e. The number of carbonyl (C=O) groups is 2. The predicted octanol–water partition coefficient (Wildman–Crippen LogP) is 4.71. The number of alkyl halides is 3. The van der Waals surface area contributed by atoms with Crippen molar-refractivity contribution in [3.05, 3.63) is 76.1 Å². The van der Waals surface area contributed by atoms with Gasteiger partial charge in [0.05, 0.1) is 18.4 Å². The van der Waals surface area contributed by atoms with E-state index in [1.54, 1.807) is 24.3 Å². The van der Waals surface area contributed by atoms with E-state index in [9.17, 15) is 31.2 Å². The Bertz CT molecular complexity index is 1560. The molecule has 0 unspecified atom stereocenters. The molecule has 4 rings (SSSR count). The highest BCUT2D eigenvalue weighted by Gasteiger charge is 2.45. The highest BCUT2D eigenvalue weighted by atomic mass is 35.5. The van der Waals surface area contributed by atoms with Gasteiger partial charge in [-0.15, -0.1) is 0 Å². The van der Waals surface area contributed by atoms with Crippen molar-refractivity contribution in [2.75, 3.05) is 30.5 Å². The van der Waals surface area contributed by atoms with E-state index in [0.29, 0.717) is 10.6 Å². The zero-order valence-electron chi connectivity index (χ0n) is 23.0. The maximum atomic E-state index is 12.8. The number of sulfone groups is 1. The minimum absolute atomic E-state index is 0.0406. The van der Waals surface area contributed by atoms with Crippen LogP contribution in [-0.4, -0.2) is 66.5 Å². The second-order valence-electron chi connectivity index (χ2n) is 10.0. The highest BCUT2D eigenvalue weighted by Crippen LogP contribution is 2.48. The Morgan fingerprint density at radius 1 is 1.02 bits per heavy atom. The Labute approximate surface area is 250 Å². The van der Waals surface area contributed by atoms with Gasteiger partial charge in [0.25, 0.3) is 0 Å². The number of carbonyl (C=O) groups excluding carboxylic acids is 2. The summed E-state index contributed by atoms with van der Waals surface area (Å²) in [4.78, 5) is 36.2. The maximum absolute atomic E-state index is 12.8. The number of anilines is 1. The summed E-state index contributed by atoms with van der Waals surface area (Å²) >= 11 is 6.00. The average molecular weight is 641 g/mol. The number of nitrogens with one attached hydrogen (secondary N) is 1. The van der Waals surface area contributed by atoms with Crippen molar-refractivity contribution in [3.63, 3.8) is 0 Å². The van der Waals surface area contributed by atoms with Crippen molar-refractivity contribution in [1.29, 1.82) is 0 Å².